The standard InChI is InChI=1S/C12H21NO2S/c1-11(2)6-3-4-7-12(11)13-9(10(14)15)5-8-16-12/h9,13H,3-8H2,1-2H3,(H,14,15). The van der Waals surface area contributed by atoms with E-state index in [1.165, 1.54) is 19.3 Å². The Kier molecular flexibility index (Phi) is 3.23. The lowest BCUT2D eigenvalue weighted by Crippen LogP contribution is -2.62. The van der Waals surface area contributed by atoms with E-state index >= 15 is 0 Å². The molecule has 1 aliphatic heterocycles. The minimum atomic E-state index is -0.693. The number of carboxylic acid groups (broad SMARTS) is 1. The summed E-state index contributed by atoms with van der Waals surface area (Å²) in [7, 11) is 0. The fourth-order valence-electron chi connectivity index (χ4n) is 2.95. The van der Waals surface area contributed by atoms with E-state index in [0.717, 1.165) is 18.6 Å². The lowest BCUT2D eigenvalue weighted by atomic mass is 9.72. The van der Waals surface area contributed by atoms with Gasteiger partial charge in [-0.05, 0) is 30.4 Å². The second-order valence-electron chi connectivity index (χ2n) is 5.59. The van der Waals surface area contributed by atoms with E-state index in [2.05, 4.69) is 19.2 Å². The number of rotatable bonds is 1. The average molecular weight is 243 g/mol. The van der Waals surface area contributed by atoms with Crippen LogP contribution in [0, 0.1) is 5.41 Å². The second-order valence-corrected chi connectivity index (χ2v) is 6.98. The molecule has 1 saturated heterocycles. The number of carboxylic acids is 1. The highest BCUT2D eigenvalue weighted by Gasteiger charge is 2.50. The molecule has 4 heteroatoms. The maximum absolute atomic E-state index is 11.1. The molecule has 1 aliphatic carbocycles. The van der Waals surface area contributed by atoms with Crippen LogP contribution in [-0.2, 0) is 4.79 Å². The topological polar surface area (TPSA) is 49.3 Å². The summed E-state index contributed by atoms with van der Waals surface area (Å²) in [6, 6.07) is -0.348. The lowest BCUT2D eigenvalue weighted by Gasteiger charge is -2.53. The second kappa shape index (κ2) is 4.22. The first-order valence-corrected chi connectivity index (χ1v) is 7.10. The Bertz CT molecular complexity index is 289. The quantitative estimate of drug-likeness (QED) is 0.743. The van der Waals surface area contributed by atoms with Gasteiger partial charge < -0.3 is 5.11 Å². The minimum Gasteiger partial charge on any atom is -0.480 e. The van der Waals surface area contributed by atoms with Crippen molar-refractivity contribution >= 4 is 17.7 Å². The van der Waals surface area contributed by atoms with Crippen molar-refractivity contribution in [1.29, 1.82) is 0 Å². The average Bonchev–Trinajstić information content (AvgIpc) is 2.23. The highest BCUT2D eigenvalue weighted by atomic mass is 32.2. The van der Waals surface area contributed by atoms with Crippen molar-refractivity contribution in [2.24, 2.45) is 5.41 Å². The predicted molar refractivity (Wildman–Crippen MR) is 66.6 cm³/mol. The maximum Gasteiger partial charge on any atom is 0.320 e. The third kappa shape index (κ3) is 1.97. The molecule has 2 rings (SSSR count). The van der Waals surface area contributed by atoms with E-state index in [1.807, 2.05) is 11.8 Å². The van der Waals surface area contributed by atoms with Gasteiger partial charge in [-0.15, -0.1) is 11.8 Å². The van der Waals surface area contributed by atoms with Crippen LogP contribution in [0.3, 0.4) is 0 Å². The van der Waals surface area contributed by atoms with Gasteiger partial charge in [0, 0.05) is 0 Å². The lowest BCUT2D eigenvalue weighted by molar-refractivity contribution is -0.140. The molecule has 1 heterocycles. The highest BCUT2D eigenvalue weighted by molar-refractivity contribution is 8.00. The molecule has 1 saturated carbocycles. The summed E-state index contributed by atoms with van der Waals surface area (Å²) in [5.41, 5.74) is 0.198. The van der Waals surface area contributed by atoms with Crippen LogP contribution in [0.4, 0.5) is 0 Å². The van der Waals surface area contributed by atoms with Gasteiger partial charge in [-0.25, -0.2) is 0 Å². The maximum atomic E-state index is 11.1. The Labute approximate surface area is 101 Å². The molecular formula is C12H21NO2S. The van der Waals surface area contributed by atoms with Crippen LogP contribution in [0.2, 0.25) is 0 Å². The summed E-state index contributed by atoms with van der Waals surface area (Å²) in [6.07, 6.45) is 5.54. The first-order valence-electron chi connectivity index (χ1n) is 6.11. The van der Waals surface area contributed by atoms with Crippen molar-refractivity contribution in [3.63, 3.8) is 0 Å². The molecule has 0 bridgehead atoms. The molecule has 2 unspecified atom stereocenters. The molecule has 2 fully saturated rings. The van der Waals surface area contributed by atoms with Crippen molar-refractivity contribution in [1.82, 2.24) is 5.32 Å². The molecule has 1 spiro atoms. The van der Waals surface area contributed by atoms with Crippen LogP contribution >= 0.6 is 11.8 Å². The van der Waals surface area contributed by atoms with Crippen LogP contribution < -0.4 is 5.32 Å². The van der Waals surface area contributed by atoms with Crippen molar-refractivity contribution in [3.8, 4) is 0 Å². The van der Waals surface area contributed by atoms with Crippen LogP contribution in [0.1, 0.15) is 46.0 Å². The molecule has 0 aromatic rings. The minimum absolute atomic E-state index is 0.00738. The van der Waals surface area contributed by atoms with Gasteiger partial charge in [-0.3, -0.25) is 10.1 Å². The molecule has 0 aromatic carbocycles. The third-order valence-electron chi connectivity index (χ3n) is 4.13. The fraction of sp³-hybridized carbons (Fsp3) is 0.917. The van der Waals surface area contributed by atoms with Crippen molar-refractivity contribution in [2.75, 3.05) is 5.75 Å². The number of thioether (sulfide) groups is 1. The van der Waals surface area contributed by atoms with Gasteiger partial charge in [-0.1, -0.05) is 26.7 Å². The molecule has 2 N–H and O–H groups in total. The smallest absolute Gasteiger partial charge is 0.320 e. The molecule has 92 valence electrons. The van der Waals surface area contributed by atoms with Gasteiger partial charge in [-0.2, -0.15) is 0 Å². The van der Waals surface area contributed by atoms with Gasteiger partial charge in [0.2, 0.25) is 0 Å². The summed E-state index contributed by atoms with van der Waals surface area (Å²) < 4.78 is 0. The van der Waals surface area contributed by atoms with Gasteiger partial charge >= 0.3 is 5.97 Å². The SMILES string of the molecule is CC1(C)CCCCC12NC(C(=O)O)CCS2. The fourth-order valence-corrected chi connectivity index (χ4v) is 4.66. The Morgan fingerprint density at radius 3 is 2.69 bits per heavy atom. The van der Waals surface area contributed by atoms with E-state index < -0.39 is 5.97 Å². The van der Waals surface area contributed by atoms with E-state index in [4.69, 9.17) is 5.11 Å². The van der Waals surface area contributed by atoms with Gasteiger partial charge in [0.15, 0.2) is 0 Å². The molecule has 0 amide bonds. The van der Waals surface area contributed by atoms with Gasteiger partial charge in [0.05, 0.1) is 4.87 Å². The Hall–Kier alpha value is -0.220. The van der Waals surface area contributed by atoms with E-state index in [0.29, 0.717) is 0 Å². The molecule has 3 nitrogen and oxygen atoms in total. The largest absolute Gasteiger partial charge is 0.480 e. The molecule has 2 aliphatic rings. The third-order valence-corrected chi connectivity index (χ3v) is 5.94. The Balaban J connectivity index is 2.19. The van der Waals surface area contributed by atoms with Crippen molar-refractivity contribution in [3.05, 3.63) is 0 Å². The van der Waals surface area contributed by atoms with E-state index in [9.17, 15) is 4.79 Å². The number of carbonyl (C=O) groups is 1. The zero-order chi connectivity index (χ0) is 11.8. The molecule has 0 aromatic heterocycles. The Morgan fingerprint density at radius 2 is 2.06 bits per heavy atom. The summed E-state index contributed by atoms with van der Waals surface area (Å²) in [6.45, 7) is 4.55. The van der Waals surface area contributed by atoms with Crippen LogP contribution in [0.15, 0.2) is 0 Å². The highest BCUT2D eigenvalue weighted by Crippen LogP contribution is 2.52. The van der Waals surface area contributed by atoms with E-state index in [-0.39, 0.29) is 16.3 Å². The van der Waals surface area contributed by atoms with Crippen molar-refractivity contribution in [2.45, 2.75) is 56.9 Å². The molecular weight excluding hydrogens is 222 g/mol. The summed E-state index contributed by atoms with van der Waals surface area (Å²) in [5.74, 6) is 0.272. The zero-order valence-electron chi connectivity index (χ0n) is 10.1. The van der Waals surface area contributed by atoms with Crippen LogP contribution in [-0.4, -0.2) is 27.7 Å². The van der Waals surface area contributed by atoms with Gasteiger partial charge in [0.25, 0.3) is 0 Å². The predicted octanol–water partition coefficient (Wildman–Crippen LogP) is 2.46. The van der Waals surface area contributed by atoms with Crippen LogP contribution in [0.25, 0.3) is 0 Å². The monoisotopic (exact) mass is 243 g/mol. The number of aliphatic carboxylic acids is 1. The summed E-state index contributed by atoms with van der Waals surface area (Å²) in [4.78, 5) is 11.1. The van der Waals surface area contributed by atoms with Crippen molar-refractivity contribution < 1.29 is 9.90 Å². The zero-order valence-corrected chi connectivity index (χ0v) is 10.9. The summed E-state index contributed by atoms with van der Waals surface area (Å²) in [5, 5.41) is 12.6. The molecule has 2 atom stereocenters. The first-order chi connectivity index (χ1) is 7.47. The number of nitrogens with one attached hydrogen (secondary N) is 1. The van der Waals surface area contributed by atoms with E-state index in [1.54, 1.807) is 0 Å². The summed E-state index contributed by atoms with van der Waals surface area (Å²) >= 11 is 1.94. The van der Waals surface area contributed by atoms with Crippen LogP contribution in [0.5, 0.6) is 0 Å². The van der Waals surface area contributed by atoms with Gasteiger partial charge in [0.1, 0.15) is 6.04 Å². The Morgan fingerprint density at radius 1 is 1.38 bits per heavy atom. The first kappa shape index (κ1) is 12.2. The number of hydrogen-bond donors (Lipinski definition) is 2. The molecule has 16 heavy (non-hydrogen) atoms. The molecule has 0 radical (unpaired) electrons. The normalized spacial score (nSPS) is 38.5. The number of hydrogen-bond acceptors (Lipinski definition) is 3.